The second kappa shape index (κ2) is 17.8. The SMILES string of the molecule is CC(=O)O.CC(=O)O.CCCCCC(O)C=CC(=O)CC(=O)O. The summed E-state index contributed by atoms with van der Waals surface area (Å²) in [6, 6.07) is 0. The van der Waals surface area contributed by atoms with Crippen LogP contribution in [0, 0.1) is 0 Å². The maximum atomic E-state index is 10.9. The number of carboxylic acid groups (broad SMARTS) is 3. The Hall–Kier alpha value is -2.22. The van der Waals surface area contributed by atoms with E-state index >= 15 is 0 Å². The highest BCUT2D eigenvalue weighted by atomic mass is 16.4. The number of aliphatic hydroxyl groups is 1. The summed E-state index contributed by atoms with van der Waals surface area (Å²) in [5, 5.41) is 32.5. The largest absolute Gasteiger partial charge is 0.481 e. The van der Waals surface area contributed by atoms with Gasteiger partial charge in [-0.15, -0.1) is 0 Å². The second-order valence-corrected chi connectivity index (χ2v) is 4.50. The van der Waals surface area contributed by atoms with Crippen molar-refractivity contribution < 1.29 is 39.6 Å². The summed E-state index contributed by atoms with van der Waals surface area (Å²) in [6.07, 6.45) is 5.00. The zero-order chi connectivity index (χ0) is 18.8. The zero-order valence-corrected chi connectivity index (χ0v) is 13.7. The van der Waals surface area contributed by atoms with Crippen molar-refractivity contribution in [2.45, 2.75) is 59.0 Å². The van der Waals surface area contributed by atoms with Gasteiger partial charge in [0.2, 0.25) is 0 Å². The van der Waals surface area contributed by atoms with Gasteiger partial charge in [0.1, 0.15) is 6.42 Å². The van der Waals surface area contributed by atoms with Crippen LogP contribution in [0.1, 0.15) is 52.9 Å². The third-order valence-corrected chi connectivity index (χ3v) is 1.93. The van der Waals surface area contributed by atoms with E-state index in [0.29, 0.717) is 6.42 Å². The maximum Gasteiger partial charge on any atom is 0.311 e. The molecule has 0 rings (SSSR count). The number of hydrogen-bond donors (Lipinski definition) is 4. The topological polar surface area (TPSA) is 149 Å². The first-order valence-corrected chi connectivity index (χ1v) is 7.02. The van der Waals surface area contributed by atoms with E-state index in [1.165, 1.54) is 6.08 Å². The van der Waals surface area contributed by atoms with Gasteiger partial charge in [-0.05, 0) is 12.5 Å². The van der Waals surface area contributed by atoms with Gasteiger partial charge in [0.25, 0.3) is 11.9 Å². The molecule has 0 radical (unpaired) electrons. The Bertz CT molecular complexity index is 367. The molecule has 0 fully saturated rings. The summed E-state index contributed by atoms with van der Waals surface area (Å²) in [5.74, 6) is -3.30. The molecule has 0 aromatic carbocycles. The number of unbranched alkanes of at least 4 members (excludes halogenated alkanes) is 2. The van der Waals surface area contributed by atoms with Crippen molar-refractivity contribution >= 4 is 23.7 Å². The number of aliphatic carboxylic acids is 3. The molecule has 134 valence electrons. The van der Waals surface area contributed by atoms with E-state index in [9.17, 15) is 14.7 Å². The fourth-order valence-electron chi connectivity index (χ4n) is 1.13. The highest BCUT2D eigenvalue weighted by Gasteiger charge is 2.04. The number of hydrogen-bond acceptors (Lipinski definition) is 5. The highest BCUT2D eigenvalue weighted by molar-refractivity contribution is 6.01. The normalized spacial score (nSPS) is 10.6. The summed E-state index contributed by atoms with van der Waals surface area (Å²) < 4.78 is 0. The van der Waals surface area contributed by atoms with Gasteiger partial charge >= 0.3 is 5.97 Å². The minimum atomic E-state index is -1.15. The molecule has 0 aromatic heterocycles. The lowest BCUT2D eigenvalue weighted by atomic mass is 10.1. The van der Waals surface area contributed by atoms with Crippen LogP contribution in [0.2, 0.25) is 0 Å². The van der Waals surface area contributed by atoms with Crippen molar-refractivity contribution in [3.05, 3.63) is 12.2 Å². The molecule has 0 aliphatic rings. The molecule has 23 heavy (non-hydrogen) atoms. The molecular weight excluding hydrogens is 308 g/mol. The third kappa shape index (κ3) is 45.1. The molecule has 1 unspecified atom stereocenters. The van der Waals surface area contributed by atoms with Crippen molar-refractivity contribution in [1.82, 2.24) is 0 Å². The number of carbonyl (C=O) groups excluding carboxylic acids is 1. The van der Waals surface area contributed by atoms with Gasteiger partial charge in [0.05, 0.1) is 6.10 Å². The van der Waals surface area contributed by atoms with Crippen LogP contribution in [-0.2, 0) is 19.2 Å². The number of rotatable bonds is 8. The summed E-state index contributed by atoms with van der Waals surface area (Å²) in [7, 11) is 0. The van der Waals surface area contributed by atoms with Gasteiger partial charge in [-0.25, -0.2) is 0 Å². The summed E-state index contributed by atoms with van der Waals surface area (Å²) in [4.78, 5) is 39.1. The van der Waals surface area contributed by atoms with Crippen LogP contribution < -0.4 is 0 Å². The zero-order valence-electron chi connectivity index (χ0n) is 13.7. The van der Waals surface area contributed by atoms with E-state index in [1.54, 1.807) is 0 Å². The molecule has 0 amide bonds. The Morgan fingerprint density at radius 3 is 1.74 bits per heavy atom. The van der Waals surface area contributed by atoms with E-state index < -0.39 is 36.2 Å². The molecule has 8 heteroatoms. The van der Waals surface area contributed by atoms with Crippen molar-refractivity contribution in [2.24, 2.45) is 0 Å². The molecule has 0 saturated heterocycles. The lowest BCUT2D eigenvalue weighted by Crippen LogP contribution is -2.06. The van der Waals surface area contributed by atoms with E-state index in [-0.39, 0.29) is 0 Å². The van der Waals surface area contributed by atoms with Crippen molar-refractivity contribution in [3.63, 3.8) is 0 Å². The molecular formula is C15H26O8. The lowest BCUT2D eigenvalue weighted by Gasteiger charge is -2.03. The van der Waals surface area contributed by atoms with Crippen LogP contribution in [-0.4, -0.2) is 50.2 Å². The van der Waals surface area contributed by atoms with E-state index in [1.807, 2.05) is 0 Å². The van der Waals surface area contributed by atoms with Crippen molar-refractivity contribution in [2.75, 3.05) is 0 Å². The standard InChI is InChI=1S/C11H18O4.2C2H4O2/c1-2-3-4-5-9(12)6-7-10(13)8-11(14)15;2*1-2(3)4/h6-7,9,12H,2-5,8H2,1H3,(H,14,15);2*1H3,(H,3,4). The Balaban J connectivity index is -0.000000413. The van der Waals surface area contributed by atoms with Gasteiger partial charge in [-0.2, -0.15) is 0 Å². The average Bonchev–Trinajstić information content (AvgIpc) is 2.34. The minimum absolute atomic E-state index is 0.489. The number of carbonyl (C=O) groups is 4. The fourth-order valence-corrected chi connectivity index (χ4v) is 1.13. The molecule has 4 N–H and O–H groups in total. The smallest absolute Gasteiger partial charge is 0.311 e. The van der Waals surface area contributed by atoms with E-state index in [2.05, 4.69) is 6.92 Å². The van der Waals surface area contributed by atoms with Crippen molar-refractivity contribution in [1.29, 1.82) is 0 Å². The van der Waals surface area contributed by atoms with Crippen LogP contribution in [0.15, 0.2) is 12.2 Å². The Labute approximate surface area is 135 Å². The molecule has 8 nitrogen and oxygen atoms in total. The van der Waals surface area contributed by atoms with Gasteiger partial charge < -0.3 is 20.4 Å². The Kier molecular flexibility index (Phi) is 19.9. The van der Waals surface area contributed by atoms with Gasteiger partial charge in [0, 0.05) is 13.8 Å². The summed E-state index contributed by atoms with van der Waals surface area (Å²) in [5.41, 5.74) is 0. The van der Waals surface area contributed by atoms with E-state index in [0.717, 1.165) is 39.2 Å². The van der Waals surface area contributed by atoms with Gasteiger partial charge in [-0.1, -0.05) is 32.3 Å². The van der Waals surface area contributed by atoms with Crippen LogP contribution in [0.3, 0.4) is 0 Å². The number of allylic oxidation sites excluding steroid dienone is 1. The molecule has 0 spiro atoms. The summed E-state index contributed by atoms with van der Waals surface area (Å²) in [6.45, 7) is 4.23. The van der Waals surface area contributed by atoms with Gasteiger partial charge in [-0.3, -0.25) is 19.2 Å². The minimum Gasteiger partial charge on any atom is -0.481 e. The van der Waals surface area contributed by atoms with Crippen LogP contribution in [0.25, 0.3) is 0 Å². The van der Waals surface area contributed by atoms with Crippen LogP contribution >= 0.6 is 0 Å². The van der Waals surface area contributed by atoms with E-state index in [4.69, 9.17) is 24.9 Å². The van der Waals surface area contributed by atoms with Crippen molar-refractivity contribution in [3.8, 4) is 0 Å². The van der Waals surface area contributed by atoms with Gasteiger partial charge in [0.15, 0.2) is 5.78 Å². The second-order valence-electron chi connectivity index (χ2n) is 4.50. The fraction of sp³-hybridized carbons (Fsp3) is 0.600. The molecule has 0 aliphatic carbocycles. The quantitative estimate of drug-likeness (QED) is 0.298. The number of carboxylic acids is 3. The maximum absolute atomic E-state index is 10.9. The van der Waals surface area contributed by atoms with Crippen LogP contribution in [0.4, 0.5) is 0 Å². The first-order valence-electron chi connectivity index (χ1n) is 7.02. The summed E-state index contributed by atoms with van der Waals surface area (Å²) >= 11 is 0. The highest BCUT2D eigenvalue weighted by Crippen LogP contribution is 2.04. The Morgan fingerprint density at radius 1 is 0.957 bits per heavy atom. The average molecular weight is 334 g/mol. The first-order chi connectivity index (χ1) is 10.5. The predicted molar refractivity (Wildman–Crippen MR) is 83.2 cm³/mol. The first kappa shape index (κ1) is 25.7. The predicted octanol–water partition coefficient (Wildman–Crippen LogP) is 1.71. The van der Waals surface area contributed by atoms with Crippen LogP contribution in [0.5, 0.6) is 0 Å². The Morgan fingerprint density at radius 2 is 1.39 bits per heavy atom. The molecule has 0 aromatic rings. The third-order valence-electron chi connectivity index (χ3n) is 1.93. The molecule has 0 saturated carbocycles. The molecule has 0 aliphatic heterocycles. The monoisotopic (exact) mass is 334 g/mol. The molecule has 0 heterocycles. The number of ketones is 1. The molecule has 1 atom stereocenters. The number of aliphatic hydroxyl groups excluding tert-OH is 1. The lowest BCUT2D eigenvalue weighted by molar-refractivity contribution is -0.139. The molecule has 0 bridgehead atoms.